The maximum absolute atomic E-state index is 14.2. The molecule has 4 rings (SSSR count). The van der Waals surface area contributed by atoms with Crippen molar-refractivity contribution in [2.45, 2.75) is 65.1 Å². The van der Waals surface area contributed by atoms with Gasteiger partial charge in [-0.05, 0) is 86.8 Å². The van der Waals surface area contributed by atoms with E-state index in [-0.39, 0.29) is 18.1 Å². The first-order chi connectivity index (χ1) is 16.9. The molecule has 0 aromatic heterocycles. The fraction of sp³-hybridized carbons (Fsp3) is 0.483. The number of rotatable bonds is 6. The Kier molecular flexibility index (Phi) is 8.54. The van der Waals surface area contributed by atoms with E-state index in [1.54, 1.807) is 0 Å². The van der Waals surface area contributed by atoms with E-state index >= 15 is 0 Å². The van der Waals surface area contributed by atoms with Gasteiger partial charge in [0.25, 0.3) is 0 Å². The summed E-state index contributed by atoms with van der Waals surface area (Å²) >= 11 is 0. The van der Waals surface area contributed by atoms with Crippen LogP contribution >= 0.6 is 0 Å². The number of hydrogen-bond acceptors (Lipinski definition) is 3. The third kappa shape index (κ3) is 6.68. The maximum atomic E-state index is 14.2. The molecule has 2 aromatic rings. The van der Waals surface area contributed by atoms with Gasteiger partial charge in [-0.15, -0.1) is 0 Å². The van der Waals surface area contributed by atoms with Gasteiger partial charge in [0.1, 0.15) is 11.6 Å². The number of ether oxygens (including phenoxy) is 2. The standard InChI is InChI=1S/C29H33F2NO3/c1-20-15-22(7-3-5-13-34-28-8-4-6-14-35-28)16-21(2)29(20)32-19-23(9-12-27(32)33)17-24-10-11-25(30)18-26(24)31/h10-11,15-16,18,23,28H,4-6,8-9,12-14,17,19H2,1-2H3. The van der Waals surface area contributed by atoms with Crippen LogP contribution in [0.5, 0.6) is 0 Å². The number of anilines is 1. The average molecular weight is 482 g/mol. The van der Waals surface area contributed by atoms with Crippen LogP contribution in [-0.4, -0.2) is 32.0 Å². The Morgan fingerprint density at radius 2 is 1.91 bits per heavy atom. The van der Waals surface area contributed by atoms with Gasteiger partial charge in [0.15, 0.2) is 6.29 Å². The van der Waals surface area contributed by atoms with Crippen molar-refractivity contribution in [1.29, 1.82) is 0 Å². The predicted molar refractivity (Wildman–Crippen MR) is 132 cm³/mol. The van der Waals surface area contributed by atoms with E-state index in [4.69, 9.17) is 9.47 Å². The van der Waals surface area contributed by atoms with Crippen LogP contribution in [0, 0.1) is 43.2 Å². The number of aryl methyl sites for hydroxylation is 2. The summed E-state index contributed by atoms with van der Waals surface area (Å²) in [7, 11) is 0. The molecule has 4 nitrogen and oxygen atoms in total. The Morgan fingerprint density at radius 3 is 2.63 bits per heavy atom. The van der Waals surface area contributed by atoms with Crippen LogP contribution in [0.2, 0.25) is 0 Å². The highest BCUT2D eigenvalue weighted by molar-refractivity contribution is 5.95. The second-order valence-electron chi connectivity index (χ2n) is 9.53. The molecular formula is C29H33F2NO3. The van der Waals surface area contributed by atoms with Crippen LogP contribution in [0.1, 0.15) is 60.8 Å². The number of hydrogen-bond donors (Lipinski definition) is 0. The Balaban J connectivity index is 1.39. The number of carbonyl (C=O) groups is 1. The van der Waals surface area contributed by atoms with Gasteiger partial charge in [-0.1, -0.05) is 17.9 Å². The highest BCUT2D eigenvalue weighted by Crippen LogP contribution is 2.32. The fourth-order valence-electron chi connectivity index (χ4n) is 5.00. The Morgan fingerprint density at radius 1 is 1.11 bits per heavy atom. The zero-order chi connectivity index (χ0) is 24.8. The van der Waals surface area contributed by atoms with Crippen molar-refractivity contribution in [3.8, 4) is 11.8 Å². The SMILES string of the molecule is Cc1cc(C#CCCOC2CCCCO2)cc(C)c1N1CC(Cc2ccc(F)cc2F)CCC1=O. The molecule has 2 aliphatic rings. The van der Waals surface area contributed by atoms with Crippen molar-refractivity contribution in [2.75, 3.05) is 24.7 Å². The smallest absolute Gasteiger partial charge is 0.227 e. The van der Waals surface area contributed by atoms with E-state index in [0.29, 0.717) is 44.4 Å². The lowest BCUT2D eigenvalue weighted by atomic mass is 9.89. The summed E-state index contributed by atoms with van der Waals surface area (Å²) < 4.78 is 38.7. The van der Waals surface area contributed by atoms with Crippen LogP contribution in [0.4, 0.5) is 14.5 Å². The summed E-state index contributed by atoms with van der Waals surface area (Å²) in [5.41, 5.74) is 4.28. The normalized spacial score (nSPS) is 20.5. The molecule has 2 unspecified atom stereocenters. The monoisotopic (exact) mass is 481 g/mol. The first-order valence-corrected chi connectivity index (χ1v) is 12.5. The number of halogens is 2. The first-order valence-electron chi connectivity index (χ1n) is 12.5. The Bertz CT molecular complexity index is 1090. The van der Waals surface area contributed by atoms with Gasteiger partial charge in [-0.3, -0.25) is 4.79 Å². The van der Waals surface area contributed by atoms with Crippen molar-refractivity contribution in [1.82, 2.24) is 0 Å². The lowest BCUT2D eigenvalue weighted by Crippen LogP contribution is -2.41. The molecule has 186 valence electrons. The van der Waals surface area contributed by atoms with Crippen LogP contribution in [0.15, 0.2) is 30.3 Å². The Labute approximate surface area is 206 Å². The zero-order valence-electron chi connectivity index (χ0n) is 20.5. The van der Waals surface area contributed by atoms with Crippen molar-refractivity contribution >= 4 is 11.6 Å². The van der Waals surface area contributed by atoms with Crippen LogP contribution in [-0.2, 0) is 20.7 Å². The largest absolute Gasteiger partial charge is 0.353 e. The van der Waals surface area contributed by atoms with Crippen molar-refractivity contribution < 1.29 is 23.0 Å². The third-order valence-electron chi connectivity index (χ3n) is 6.69. The highest BCUT2D eigenvalue weighted by Gasteiger charge is 2.29. The van der Waals surface area contributed by atoms with Gasteiger partial charge < -0.3 is 14.4 Å². The second kappa shape index (κ2) is 11.8. The topological polar surface area (TPSA) is 38.8 Å². The summed E-state index contributed by atoms with van der Waals surface area (Å²) in [6.45, 7) is 5.82. The van der Waals surface area contributed by atoms with Gasteiger partial charge >= 0.3 is 0 Å². The minimum atomic E-state index is -0.577. The molecule has 0 saturated carbocycles. The molecule has 35 heavy (non-hydrogen) atoms. The molecule has 2 aromatic carbocycles. The lowest BCUT2D eigenvalue weighted by Gasteiger charge is -2.34. The number of nitrogens with zero attached hydrogens (tertiary/aromatic N) is 1. The quantitative estimate of drug-likeness (QED) is 0.384. The van der Waals surface area contributed by atoms with E-state index in [9.17, 15) is 13.6 Å². The van der Waals surface area contributed by atoms with Crippen molar-refractivity contribution in [3.05, 3.63) is 64.2 Å². The number of benzene rings is 2. The van der Waals surface area contributed by atoms with Gasteiger partial charge in [0, 0.05) is 43.3 Å². The molecule has 2 aliphatic heterocycles. The number of carbonyl (C=O) groups excluding carboxylic acids is 1. The van der Waals surface area contributed by atoms with Gasteiger partial charge in [-0.25, -0.2) is 8.78 Å². The average Bonchev–Trinajstić information content (AvgIpc) is 2.83. The van der Waals surface area contributed by atoms with E-state index in [2.05, 4.69) is 11.8 Å². The van der Waals surface area contributed by atoms with Crippen molar-refractivity contribution in [3.63, 3.8) is 0 Å². The lowest BCUT2D eigenvalue weighted by molar-refractivity contribution is -0.161. The van der Waals surface area contributed by atoms with Crippen molar-refractivity contribution in [2.24, 2.45) is 5.92 Å². The predicted octanol–water partition coefficient (Wildman–Crippen LogP) is 5.85. The summed E-state index contributed by atoms with van der Waals surface area (Å²) in [6.07, 6.45) is 5.31. The maximum Gasteiger partial charge on any atom is 0.227 e. The molecule has 0 N–H and O–H groups in total. The highest BCUT2D eigenvalue weighted by atomic mass is 19.1. The minimum Gasteiger partial charge on any atom is -0.353 e. The Hall–Kier alpha value is -2.75. The molecule has 0 aliphatic carbocycles. The van der Waals surface area contributed by atoms with E-state index < -0.39 is 11.6 Å². The van der Waals surface area contributed by atoms with Gasteiger partial charge in [0.05, 0.1) is 6.61 Å². The number of piperidine rings is 1. The van der Waals surface area contributed by atoms with Crippen LogP contribution < -0.4 is 4.90 Å². The zero-order valence-corrected chi connectivity index (χ0v) is 20.5. The van der Waals surface area contributed by atoms with Crippen LogP contribution in [0.3, 0.4) is 0 Å². The summed E-state index contributed by atoms with van der Waals surface area (Å²) in [6, 6.07) is 7.73. The van der Waals surface area contributed by atoms with Crippen LogP contribution in [0.25, 0.3) is 0 Å². The van der Waals surface area contributed by atoms with E-state index in [0.717, 1.165) is 54.3 Å². The summed E-state index contributed by atoms with van der Waals surface area (Å²) in [5.74, 6) is 5.47. The molecule has 0 radical (unpaired) electrons. The molecule has 2 atom stereocenters. The minimum absolute atomic E-state index is 0.0768. The summed E-state index contributed by atoms with van der Waals surface area (Å²) in [5, 5.41) is 0. The fourth-order valence-corrected chi connectivity index (χ4v) is 5.00. The van der Waals surface area contributed by atoms with Gasteiger partial charge in [0.2, 0.25) is 5.91 Å². The summed E-state index contributed by atoms with van der Waals surface area (Å²) in [4.78, 5) is 14.6. The molecular weight excluding hydrogens is 448 g/mol. The molecule has 0 bridgehead atoms. The third-order valence-corrected chi connectivity index (χ3v) is 6.69. The molecule has 2 heterocycles. The molecule has 2 fully saturated rings. The second-order valence-corrected chi connectivity index (χ2v) is 9.53. The number of amides is 1. The molecule has 6 heteroatoms. The van der Waals surface area contributed by atoms with E-state index in [1.165, 1.54) is 12.1 Å². The first kappa shape index (κ1) is 25.3. The van der Waals surface area contributed by atoms with Gasteiger partial charge in [-0.2, -0.15) is 0 Å². The molecule has 0 spiro atoms. The molecule has 2 saturated heterocycles. The molecule has 1 amide bonds. The van der Waals surface area contributed by atoms with E-state index in [1.807, 2.05) is 30.9 Å².